The first-order chi connectivity index (χ1) is 13.1. The molecule has 0 aliphatic heterocycles. The molecule has 0 aliphatic rings. The smallest absolute Gasteiger partial charge is 0.254 e. The summed E-state index contributed by atoms with van der Waals surface area (Å²) in [5, 5.41) is 2.92. The Morgan fingerprint density at radius 1 is 1.07 bits per heavy atom. The van der Waals surface area contributed by atoms with Crippen LogP contribution in [0.5, 0.6) is 0 Å². The number of aryl methyl sites for hydroxylation is 1. The van der Waals surface area contributed by atoms with Gasteiger partial charge in [0.25, 0.3) is 5.56 Å². The highest BCUT2D eigenvalue weighted by atomic mass is 16.2. The molecule has 1 aromatic heterocycles. The Hall–Kier alpha value is -3.21. The first-order valence-electron chi connectivity index (χ1n) is 9.02. The zero-order valence-electron chi connectivity index (χ0n) is 15.6. The summed E-state index contributed by atoms with van der Waals surface area (Å²) in [6.07, 6.45) is 2.22. The number of rotatable bonds is 6. The second-order valence-electron chi connectivity index (χ2n) is 6.55. The number of hydrogen-bond acceptors (Lipinski definition) is 3. The number of hydrogen-bond donors (Lipinski definition) is 1. The van der Waals surface area contributed by atoms with Crippen molar-refractivity contribution >= 4 is 5.91 Å². The van der Waals surface area contributed by atoms with Crippen LogP contribution >= 0.6 is 0 Å². The maximum absolute atomic E-state index is 12.6. The molecule has 0 radical (unpaired) electrons. The number of nitrogens with one attached hydrogen (secondary N) is 1. The van der Waals surface area contributed by atoms with Crippen molar-refractivity contribution in [3.05, 3.63) is 88.3 Å². The van der Waals surface area contributed by atoms with Crippen LogP contribution in [0.1, 0.15) is 24.1 Å². The first kappa shape index (κ1) is 18.6. The normalized spacial score (nSPS) is 11.8. The molecule has 0 aliphatic carbocycles. The average Bonchev–Trinajstić information content (AvgIpc) is 2.68. The van der Waals surface area contributed by atoms with E-state index in [1.165, 1.54) is 16.8 Å². The third kappa shape index (κ3) is 4.50. The van der Waals surface area contributed by atoms with E-state index in [1.807, 2.05) is 61.5 Å². The number of amides is 1. The van der Waals surface area contributed by atoms with Crippen LogP contribution in [0.15, 0.2) is 71.7 Å². The molecule has 1 amide bonds. The van der Waals surface area contributed by atoms with E-state index in [4.69, 9.17) is 0 Å². The maximum atomic E-state index is 12.6. The predicted octanol–water partition coefficient (Wildman–Crippen LogP) is 3.14. The molecule has 0 saturated heterocycles. The summed E-state index contributed by atoms with van der Waals surface area (Å²) in [5.74, 6) is 0.294. The molecule has 5 nitrogen and oxygen atoms in total. The summed E-state index contributed by atoms with van der Waals surface area (Å²) in [5.41, 5.74) is 2.84. The standard InChI is InChI=1S/C22H23N3O2/c1-16-8-10-19(11-9-16)21-23-15-13-20(26)25(21)17(2)22(27)24-14-12-18-6-4-3-5-7-18/h3-11,13,15,17H,12,14H2,1-2H3,(H,24,27). The lowest BCUT2D eigenvalue weighted by Gasteiger charge is -2.18. The van der Waals surface area contributed by atoms with Crippen LogP contribution in [0.25, 0.3) is 11.4 Å². The van der Waals surface area contributed by atoms with Crippen molar-refractivity contribution in [2.24, 2.45) is 0 Å². The van der Waals surface area contributed by atoms with Crippen LogP contribution in [-0.2, 0) is 11.2 Å². The van der Waals surface area contributed by atoms with Gasteiger partial charge in [-0.1, -0.05) is 60.2 Å². The van der Waals surface area contributed by atoms with Gasteiger partial charge in [-0.3, -0.25) is 14.2 Å². The van der Waals surface area contributed by atoms with Crippen molar-refractivity contribution in [3.8, 4) is 11.4 Å². The zero-order valence-corrected chi connectivity index (χ0v) is 15.6. The summed E-state index contributed by atoms with van der Waals surface area (Å²) in [6.45, 7) is 4.23. The number of benzene rings is 2. The molecule has 0 spiro atoms. The van der Waals surface area contributed by atoms with Crippen LogP contribution in [0, 0.1) is 6.92 Å². The van der Waals surface area contributed by atoms with Crippen molar-refractivity contribution in [1.82, 2.24) is 14.9 Å². The predicted molar refractivity (Wildman–Crippen MR) is 107 cm³/mol. The van der Waals surface area contributed by atoms with E-state index < -0.39 is 6.04 Å². The molecule has 1 N–H and O–H groups in total. The Bertz CT molecular complexity index is 963. The van der Waals surface area contributed by atoms with Gasteiger partial charge < -0.3 is 5.32 Å². The largest absolute Gasteiger partial charge is 0.354 e. The highest BCUT2D eigenvalue weighted by molar-refractivity contribution is 5.80. The number of aromatic nitrogens is 2. The van der Waals surface area contributed by atoms with Crippen molar-refractivity contribution < 1.29 is 4.79 Å². The molecular formula is C22H23N3O2. The Labute approximate surface area is 158 Å². The number of nitrogens with zero attached hydrogens (tertiary/aromatic N) is 2. The molecule has 0 saturated carbocycles. The minimum atomic E-state index is -0.654. The molecule has 0 bridgehead atoms. The Kier molecular flexibility index (Phi) is 5.81. The SMILES string of the molecule is Cc1ccc(-c2nccc(=O)n2C(C)C(=O)NCCc2ccccc2)cc1. The third-order valence-electron chi connectivity index (χ3n) is 4.51. The topological polar surface area (TPSA) is 64.0 Å². The molecule has 27 heavy (non-hydrogen) atoms. The molecule has 138 valence electrons. The van der Waals surface area contributed by atoms with E-state index in [-0.39, 0.29) is 11.5 Å². The molecule has 2 aromatic carbocycles. The van der Waals surface area contributed by atoms with E-state index in [2.05, 4.69) is 10.3 Å². The molecule has 1 unspecified atom stereocenters. The van der Waals surface area contributed by atoms with Crippen molar-refractivity contribution in [3.63, 3.8) is 0 Å². The van der Waals surface area contributed by atoms with Gasteiger partial charge in [0.1, 0.15) is 11.9 Å². The second-order valence-corrected chi connectivity index (χ2v) is 6.55. The molecule has 1 heterocycles. The minimum Gasteiger partial charge on any atom is -0.354 e. The lowest BCUT2D eigenvalue weighted by molar-refractivity contribution is -0.123. The molecule has 3 rings (SSSR count). The molecule has 1 atom stereocenters. The zero-order chi connectivity index (χ0) is 19.2. The quantitative estimate of drug-likeness (QED) is 0.734. The van der Waals surface area contributed by atoms with Gasteiger partial charge in [-0.15, -0.1) is 0 Å². The van der Waals surface area contributed by atoms with Gasteiger partial charge in [-0.2, -0.15) is 0 Å². The van der Waals surface area contributed by atoms with Crippen molar-refractivity contribution in [2.45, 2.75) is 26.3 Å². The van der Waals surface area contributed by atoms with Gasteiger partial charge >= 0.3 is 0 Å². The highest BCUT2D eigenvalue weighted by Crippen LogP contribution is 2.19. The highest BCUT2D eigenvalue weighted by Gasteiger charge is 2.20. The Balaban J connectivity index is 1.77. The summed E-state index contributed by atoms with van der Waals surface area (Å²) in [4.78, 5) is 29.4. The molecule has 0 fully saturated rings. The fourth-order valence-electron chi connectivity index (χ4n) is 2.95. The lowest BCUT2D eigenvalue weighted by atomic mass is 10.1. The van der Waals surface area contributed by atoms with Crippen LogP contribution in [0.2, 0.25) is 0 Å². The van der Waals surface area contributed by atoms with E-state index in [1.54, 1.807) is 6.92 Å². The van der Waals surface area contributed by atoms with Gasteiger partial charge in [-0.25, -0.2) is 4.98 Å². The molecular weight excluding hydrogens is 338 g/mol. The van der Waals surface area contributed by atoms with Crippen LogP contribution in [0.3, 0.4) is 0 Å². The third-order valence-corrected chi connectivity index (χ3v) is 4.51. The van der Waals surface area contributed by atoms with Crippen LogP contribution in [0.4, 0.5) is 0 Å². The Morgan fingerprint density at radius 2 is 1.78 bits per heavy atom. The Morgan fingerprint density at radius 3 is 2.48 bits per heavy atom. The summed E-state index contributed by atoms with van der Waals surface area (Å²) >= 11 is 0. The number of carbonyl (C=O) groups excluding carboxylic acids is 1. The van der Waals surface area contributed by atoms with Crippen LogP contribution < -0.4 is 10.9 Å². The summed E-state index contributed by atoms with van der Waals surface area (Å²) in [7, 11) is 0. The van der Waals surface area contributed by atoms with Crippen molar-refractivity contribution in [2.75, 3.05) is 6.54 Å². The molecule has 3 aromatic rings. The minimum absolute atomic E-state index is 0.200. The second kappa shape index (κ2) is 8.45. The van der Waals surface area contributed by atoms with E-state index in [0.717, 1.165) is 23.1 Å². The van der Waals surface area contributed by atoms with Gasteiger partial charge in [0, 0.05) is 24.4 Å². The van der Waals surface area contributed by atoms with Gasteiger partial charge in [0.2, 0.25) is 5.91 Å². The number of carbonyl (C=O) groups is 1. The maximum Gasteiger partial charge on any atom is 0.254 e. The van der Waals surface area contributed by atoms with Crippen molar-refractivity contribution in [1.29, 1.82) is 0 Å². The van der Waals surface area contributed by atoms with Gasteiger partial charge in [-0.05, 0) is 25.8 Å². The fourth-order valence-corrected chi connectivity index (χ4v) is 2.95. The van der Waals surface area contributed by atoms with Gasteiger partial charge in [0.15, 0.2) is 0 Å². The summed E-state index contributed by atoms with van der Waals surface area (Å²) < 4.78 is 1.45. The fraction of sp³-hybridized carbons (Fsp3) is 0.227. The first-order valence-corrected chi connectivity index (χ1v) is 9.02. The average molecular weight is 361 g/mol. The van der Waals surface area contributed by atoms with Gasteiger partial charge in [0.05, 0.1) is 0 Å². The van der Waals surface area contributed by atoms with Crippen LogP contribution in [-0.4, -0.2) is 22.0 Å². The van der Waals surface area contributed by atoms with E-state index >= 15 is 0 Å². The molecule has 5 heteroatoms. The van der Waals surface area contributed by atoms with E-state index in [9.17, 15) is 9.59 Å². The van der Waals surface area contributed by atoms with E-state index in [0.29, 0.717) is 12.4 Å². The summed E-state index contributed by atoms with van der Waals surface area (Å²) in [6, 6.07) is 18.4. The monoisotopic (exact) mass is 361 g/mol. The lowest BCUT2D eigenvalue weighted by Crippen LogP contribution is -2.37.